The quantitative estimate of drug-likeness (QED) is 0.208. The van der Waals surface area contributed by atoms with Gasteiger partial charge in [-0.1, -0.05) is 109 Å². The van der Waals surface area contributed by atoms with E-state index in [-0.39, 0.29) is 6.04 Å². The molecule has 200 valence electrons. The second kappa shape index (κ2) is 10.2. The van der Waals surface area contributed by atoms with Crippen LogP contribution in [0.5, 0.6) is 0 Å². The Labute approximate surface area is 247 Å². The summed E-state index contributed by atoms with van der Waals surface area (Å²) < 4.78 is 0. The summed E-state index contributed by atoms with van der Waals surface area (Å²) in [5, 5.41) is 2.66. The van der Waals surface area contributed by atoms with Crippen molar-refractivity contribution in [3.63, 3.8) is 0 Å². The lowest BCUT2D eigenvalue weighted by Gasteiger charge is -2.37. The van der Waals surface area contributed by atoms with Gasteiger partial charge >= 0.3 is 0 Å². The fourth-order valence-electron chi connectivity index (χ4n) is 6.69. The Kier molecular flexibility index (Phi) is 5.97. The van der Waals surface area contributed by atoms with Crippen LogP contribution in [0.25, 0.3) is 16.3 Å². The van der Waals surface area contributed by atoms with Crippen LogP contribution in [0.15, 0.2) is 164 Å². The van der Waals surface area contributed by atoms with E-state index in [2.05, 4.69) is 174 Å². The first kappa shape index (κ1) is 24.5. The Morgan fingerprint density at radius 1 is 0.524 bits per heavy atom. The van der Waals surface area contributed by atoms with Gasteiger partial charge in [0.2, 0.25) is 0 Å². The number of rotatable bonds is 6. The summed E-state index contributed by atoms with van der Waals surface area (Å²) in [6.45, 7) is 0. The zero-order valence-corrected chi connectivity index (χ0v) is 23.3. The number of benzene rings is 6. The van der Waals surface area contributed by atoms with Crippen molar-refractivity contribution in [3.8, 4) is 0 Å². The van der Waals surface area contributed by atoms with E-state index in [1.54, 1.807) is 0 Å². The van der Waals surface area contributed by atoms with Crippen LogP contribution in [0.3, 0.4) is 0 Å². The van der Waals surface area contributed by atoms with Crippen LogP contribution in [0.1, 0.15) is 22.7 Å². The van der Waals surface area contributed by atoms with Crippen molar-refractivity contribution < 1.29 is 0 Å². The van der Waals surface area contributed by atoms with Gasteiger partial charge < -0.3 is 9.80 Å². The molecule has 1 unspecified atom stereocenters. The van der Waals surface area contributed by atoms with Gasteiger partial charge in [-0.25, -0.2) is 0 Å². The van der Waals surface area contributed by atoms with E-state index in [1.165, 1.54) is 50.1 Å². The third-order valence-electron chi connectivity index (χ3n) is 8.51. The van der Waals surface area contributed by atoms with Crippen LogP contribution in [0.2, 0.25) is 0 Å². The molecular formula is C40H30N2. The molecular weight excluding hydrogens is 508 g/mol. The Balaban J connectivity index is 1.35. The van der Waals surface area contributed by atoms with E-state index in [4.69, 9.17) is 0 Å². The molecule has 0 heterocycles. The molecule has 0 fully saturated rings. The first-order valence-electron chi connectivity index (χ1n) is 14.6. The minimum atomic E-state index is 0.0697. The summed E-state index contributed by atoms with van der Waals surface area (Å²) in [4.78, 5) is 4.87. The molecule has 2 heteroatoms. The molecule has 2 aliphatic rings. The highest BCUT2D eigenvalue weighted by atomic mass is 15.2. The first-order valence-corrected chi connectivity index (χ1v) is 14.6. The van der Waals surface area contributed by atoms with Gasteiger partial charge in [0.1, 0.15) is 0 Å². The van der Waals surface area contributed by atoms with Gasteiger partial charge in [-0.15, -0.1) is 0 Å². The number of para-hydroxylation sites is 4. The van der Waals surface area contributed by atoms with E-state index in [1.807, 2.05) is 0 Å². The average molecular weight is 539 g/mol. The van der Waals surface area contributed by atoms with Gasteiger partial charge in [0.05, 0.1) is 11.7 Å². The summed E-state index contributed by atoms with van der Waals surface area (Å²) in [7, 11) is 0. The van der Waals surface area contributed by atoms with Gasteiger partial charge in [-0.05, 0) is 94.1 Å². The fourth-order valence-corrected chi connectivity index (χ4v) is 6.69. The molecule has 0 aromatic heterocycles. The van der Waals surface area contributed by atoms with Crippen molar-refractivity contribution in [2.45, 2.75) is 12.5 Å². The summed E-state index contributed by atoms with van der Waals surface area (Å²) in [5.74, 6) is 0. The maximum atomic E-state index is 2.46. The predicted molar refractivity (Wildman–Crippen MR) is 177 cm³/mol. The molecule has 6 aromatic carbocycles. The van der Waals surface area contributed by atoms with E-state index in [0.717, 1.165) is 17.8 Å². The molecule has 0 bridgehead atoms. The zero-order valence-electron chi connectivity index (χ0n) is 23.3. The lowest BCUT2D eigenvalue weighted by atomic mass is 9.79. The van der Waals surface area contributed by atoms with E-state index in [0.29, 0.717) is 0 Å². The van der Waals surface area contributed by atoms with E-state index >= 15 is 0 Å². The molecule has 2 aliphatic carbocycles. The maximum absolute atomic E-state index is 2.46. The van der Waals surface area contributed by atoms with Crippen molar-refractivity contribution >= 4 is 44.8 Å². The second-order valence-electron chi connectivity index (χ2n) is 10.9. The summed E-state index contributed by atoms with van der Waals surface area (Å²) in [6.07, 6.45) is 8.02. The molecule has 0 amide bonds. The van der Waals surface area contributed by atoms with Gasteiger partial charge in [-0.2, -0.15) is 0 Å². The number of allylic oxidation sites excluding steroid dienone is 3. The largest absolute Gasteiger partial charge is 0.330 e. The average Bonchev–Trinajstić information content (AvgIpc) is 3.07. The van der Waals surface area contributed by atoms with Crippen LogP contribution in [-0.2, 0) is 6.42 Å². The number of hydrogen-bond donors (Lipinski definition) is 0. The molecule has 0 aliphatic heterocycles. The standard InChI is InChI=1S/C40H30N2/c1-5-13-31(14-6-1)41(32-15-7-2-8-16-32)37-27-23-29-22-26-36-38(28-24-30-21-25-35(37)39(29)40(30)36)42(33-17-9-3-10-18-33)34-19-11-4-12-20-34/h1-25,27-28,37H,26H2. The van der Waals surface area contributed by atoms with Crippen molar-refractivity contribution in [3.05, 3.63) is 181 Å². The van der Waals surface area contributed by atoms with Crippen LogP contribution in [-0.4, -0.2) is 0 Å². The van der Waals surface area contributed by atoms with Crippen LogP contribution >= 0.6 is 0 Å². The summed E-state index contributed by atoms with van der Waals surface area (Å²) >= 11 is 0. The minimum absolute atomic E-state index is 0.0697. The van der Waals surface area contributed by atoms with Gasteiger partial charge in [0.25, 0.3) is 0 Å². The van der Waals surface area contributed by atoms with Crippen LogP contribution in [0, 0.1) is 0 Å². The summed E-state index contributed by atoms with van der Waals surface area (Å²) in [5.41, 5.74) is 11.3. The monoisotopic (exact) mass is 538 g/mol. The van der Waals surface area contributed by atoms with E-state index < -0.39 is 0 Å². The van der Waals surface area contributed by atoms with Crippen molar-refractivity contribution in [2.75, 3.05) is 9.80 Å². The van der Waals surface area contributed by atoms with Gasteiger partial charge in [0, 0.05) is 22.7 Å². The predicted octanol–water partition coefficient (Wildman–Crippen LogP) is 10.7. The molecule has 0 saturated heterocycles. The molecule has 8 rings (SSSR count). The molecule has 6 aromatic rings. The normalized spacial score (nSPS) is 14.9. The number of anilines is 5. The molecule has 42 heavy (non-hydrogen) atoms. The fraction of sp³-hybridized carbons (Fsp3) is 0.0500. The van der Waals surface area contributed by atoms with Crippen LogP contribution in [0.4, 0.5) is 28.4 Å². The second-order valence-corrected chi connectivity index (χ2v) is 10.9. The van der Waals surface area contributed by atoms with Gasteiger partial charge in [-0.3, -0.25) is 0 Å². The Hall–Kier alpha value is -5.34. The molecule has 0 radical (unpaired) electrons. The highest BCUT2D eigenvalue weighted by Crippen LogP contribution is 2.49. The van der Waals surface area contributed by atoms with E-state index in [9.17, 15) is 0 Å². The topological polar surface area (TPSA) is 6.48 Å². The van der Waals surface area contributed by atoms with Crippen molar-refractivity contribution in [1.29, 1.82) is 0 Å². The SMILES string of the molecule is C1=CC(N(c2ccccc2)c2ccccc2)c2ccc3ccc(N(c4ccccc4)c4ccccc4)c4c3c2C1=CC4. The third-order valence-corrected chi connectivity index (χ3v) is 8.51. The lowest BCUT2D eigenvalue weighted by Crippen LogP contribution is -2.25. The third kappa shape index (κ3) is 4.03. The number of hydrogen-bond acceptors (Lipinski definition) is 2. The smallest absolute Gasteiger partial charge is 0.0785 e. The molecule has 1 atom stereocenters. The molecule has 0 spiro atoms. The lowest BCUT2D eigenvalue weighted by molar-refractivity contribution is 0.843. The summed E-state index contributed by atoms with van der Waals surface area (Å²) in [6, 6.07) is 52.3. The molecule has 2 nitrogen and oxygen atoms in total. The van der Waals surface area contributed by atoms with Crippen molar-refractivity contribution in [2.24, 2.45) is 0 Å². The zero-order chi connectivity index (χ0) is 27.9. The number of nitrogens with zero attached hydrogens (tertiary/aromatic N) is 2. The minimum Gasteiger partial charge on any atom is -0.330 e. The Morgan fingerprint density at radius 2 is 1.05 bits per heavy atom. The highest BCUT2D eigenvalue weighted by molar-refractivity contribution is 6.06. The highest BCUT2D eigenvalue weighted by Gasteiger charge is 2.31. The first-order chi connectivity index (χ1) is 20.9. The van der Waals surface area contributed by atoms with Crippen molar-refractivity contribution in [1.82, 2.24) is 0 Å². The Bertz CT molecular complexity index is 1860. The molecule has 0 N–H and O–H groups in total. The van der Waals surface area contributed by atoms with Crippen LogP contribution < -0.4 is 9.80 Å². The maximum Gasteiger partial charge on any atom is 0.0785 e. The van der Waals surface area contributed by atoms with Gasteiger partial charge in [0.15, 0.2) is 0 Å². The Morgan fingerprint density at radius 3 is 1.62 bits per heavy atom. The molecule has 0 saturated carbocycles.